The van der Waals surface area contributed by atoms with Crippen molar-refractivity contribution in [3.63, 3.8) is 0 Å². The molecule has 2 fully saturated rings. The zero-order valence-electron chi connectivity index (χ0n) is 23.0. The summed E-state index contributed by atoms with van der Waals surface area (Å²) in [6.07, 6.45) is 2.49. The van der Waals surface area contributed by atoms with Gasteiger partial charge in [0.25, 0.3) is 0 Å². The van der Waals surface area contributed by atoms with Crippen molar-refractivity contribution >= 4 is 46.8 Å². The molecular formula is C28H33N3O9. The van der Waals surface area contributed by atoms with Gasteiger partial charge in [-0.15, -0.1) is 0 Å². The highest BCUT2D eigenvalue weighted by Gasteiger charge is 2.69. The number of ether oxygens (including phenoxy) is 1. The zero-order chi connectivity index (χ0) is 29.8. The molecule has 0 aliphatic heterocycles. The molecule has 3 aliphatic rings. The van der Waals surface area contributed by atoms with Crippen molar-refractivity contribution in [2.75, 3.05) is 39.7 Å². The van der Waals surface area contributed by atoms with Crippen molar-refractivity contribution in [1.29, 1.82) is 0 Å². The molecule has 0 heterocycles. The number of Topliss-reactive ketones (excluding diaryl/α,β-unsaturated/α-hetero) is 4. The number of rotatable bonds is 6. The maximum atomic E-state index is 14.0. The number of aromatic hydroxyl groups is 1. The molecule has 6 atom stereocenters. The smallest absolute Gasteiger partial charge is 0.330 e. The van der Waals surface area contributed by atoms with Crippen LogP contribution in [0.1, 0.15) is 34.8 Å². The van der Waals surface area contributed by atoms with E-state index in [1.165, 1.54) is 25.1 Å². The lowest BCUT2D eigenvalue weighted by atomic mass is 9.52. The Hall–Kier alpha value is -3.90. The van der Waals surface area contributed by atoms with Crippen molar-refractivity contribution in [3.05, 3.63) is 28.8 Å². The number of benzene rings is 1. The number of carbonyl (C=O) groups excluding carboxylic acids is 6. The predicted molar refractivity (Wildman–Crippen MR) is 141 cm³/mol. The molecule has 2 saturated carbocycles. The number of primary amides is 1. The second kappa shape index (κ2) is 10.3. The van der Waals surface area contributed by atoms with Gasteiger partial charge in [0.1, 0.15) is 5.75 Å². The highest BCUT2D eigenvalue weighted by molar-refractivity contribution is 6.32. The maximum Gasteiger partial charge on any atom is 0.330 e. The SMILES string of the molecule is CCOC(=O)/C=C/c1cc(N(C)C)c2c(c1O)C(=O)C1C(=O)[C@]3(O)C(=O)C(C(N)=O)C(=O)[C@@H](N(C)C)[C@@H]3C[C@@H]1C2. The normalized spacial score (nSPS) is 29.7. The Balaban J connectivity index is 1.87. The first kappa shape index (κ1) is 29.1. The first-order valence-electron chi connectivity index (χ1n) is 12.9. The van der Waals surface area contributed by atoms with Crippen LogP contribution in [0, 0.1) is 23.7 Å². The van der Waals surface area contributed by atoms with Gasteiger partial charge in [0, 0.05) is 37.3 Å². The lowest BCUT2D eigenvalue weighted by Gasteiger charge is -2.52. The first-order valence-corrected chi connectivity index (χ1v) is 12.9. The van der Waals surface area contributed by atoms with Gasteiger partial charge in [-0.2, -0.15) is 0 Å². The summed E-state index contributed by atoms with van der Waals surface area (Å²) in [4.78, 5) is 81.6. The molecule has 40 heavy (non-hydrogen) atoms. The van der Waals surface area contributed by atoms with Gasteiger partial charge in [0.05, 0.1) is 24.1 Å². The van der Waals surface area contributed by atoms with Gasteiger partial charge in [-0.3, -0.25) is 28.9 Å². The number of hydrogen-bond acceptors (Lipinski definition) is 11. The minimum atomic E-state index is -2.79. The molecule has 1 aromatic carbocycles. The largest absolute Gasteiger partial charge is 0.507 e. The summed E-state index contributed by atoms with van der Waals surface area (Å²) in [5.41, 5.74) is 3.55. The summed E-state index contributed by atoms with van der Waals surface area (Å²) in [7, 11) is 6.53. The highest BCUT2D eigenvalue weighted by Crippen LogP contribution is 2.52. The number of anilines is 1. The van der Waals surface area contributed by atoms with E-state index in [1.54, 1.807) is 32.0 Å². The summed E-state index contributed by atoms with van der Waals surface area (Å²) in [5.74, 6) is -11.9. The van der Waals surface area contributed by atoms with Gasteiger partial charge in [-0.1, -0.05) is 0 Å². The molecular weight excluding hydrogens is 522 g/mol. The number of carbonyl (C=O) groups is 6. The molecule has 0 radical (unpaired) electrons. The van der Waals surface area contributed by atoms with Crippen molar-refractivity contribution in [2.45, 2.75) is 31.4 Å². The minimum Gasteiger partial charge on any atom is -0.507 e. The fraction of sp³-hybridized carbons (Fsp3) is 0.500. The van der Waals surface area contributed by atoms with Crippen molar-refractivity contribution in [1.82, 2.24) is 4.90 Å². The number of ketones is 4. The van der Waals surface area contributed by atoms with Crippen LogP contribution in [0.25, 0.3) is 6.08 Å². The molecule has 12 nitrogen and oxygen atoms in total. The van der Waals surface area contributed by atoms with Gasteiger partial charge in [0.2, 0.25) is 5.91 Å². The number of aliphatic hydroxyl groups is 1. The number of fused-ring (bicyclic) bond motifs is 3. The topological polar surface area (TPSA) is 185 Å². The second-order valence-corrected chi connectivity index (χ2v) is 11.0. The highest BCUT2D eigenvalue weighted by atomic mass is 16.5. The predicted octanol–water partition coefficient (Wildman–Crippen LogP) is -0.491. The third kappa shape index (κ3) is 4.22. The number of phenolic OH excluding ortho intramolecular Hbond substituents is 1. The quantitative estimate of drug-likeness (QED) is 0.234. The Kier molecular flexibility index (Phi) is 7.46. The molecule has 3 aliphatic carbocycles. The average Bonchev–Trinajstić information content (AvgIpc) is 2.85. The van der Waals surface area contributed by atoms with E-state index >= 15 is 0 Å². The van der Waals surface area contributed by atoms with E-state index in [9.17, 15) is 39.0 Å². The summed E-state index contributed by atoms with van der Waals surface area (Å²) in [5, 5.41) is 22.8. The number of nitrogens with two attached hydrogens (primary N) is 1. The Labute approximate surface area is 230 Å². The van der Waals surface area contributed by atoms with Crippen LogP contribution in [0.15, 0.2) is 12.1 Å². The van der Waals surface area contributed by atoms with Crippen molar-refractivity contribution < 1.29 is 43.7 Å². The second-order valence-electron chi connectivity index (χ2n) is 11.0. The lowest BCUT2D eigenvalue weighted by Crippen LogP contribution is -2.74. The van der Waals surface area contributed by atoms with Crippen LogP contribution in [0.5, 0.6) is 5.75 Å². The molecule has 2 unspecified atom stereocenters. The van der Waals surface area contributed by atoms with E-state index < -0.39 is 76.1 Å². The molecule has 1 aromatic rings. The van der Waals surface area contributed by atoms with Crippen molar-refractivity contribution in [2.24, 2.45) is 29.4 Å². The fourth-order valence-electron chi connectivity index (χ4n) is 6.55. The molecule has 1 amide bonds. The Bertz CT molecular complexity index is 1360. The van der Waals surface area contributed by atoms with E-state index in [0.717, 1.165) is 6.08 Å². The molecule has 214 valence electrons. The van der Waals surface area contributed by atoms with Crippen LogP contribution < -0.4 is 10.6 Å². The molecule has 4 N–H and O–H groups in total. The Morgan fingerprint density at radius 3 is 2.35 bits per heavy atom. The molecule has 0 aromatic heterocycles. The number of phenols is 1. The molecule has 4 rings (SSSR count). The molecule has 0 spiro atoms. The van der Waals surface area contributed by atoms with Crippen molar-refractivity contribution in [3.8, 4) is 5.75 Å². The third-order valence-corrected chi connectivity index (χ3v) is 8.23. The Morgan fingerprint density at radius 1 is 1.15 bits per heavy atom. The molecule has 0 saturated heterocycles. The van der Waals surface area contributed by atoms with Gasteiger partial charge in [-0.25, -0.2) is 4.79 Å². The molecule has 12 heteroatoms. The van der Waals surface area contributed by atoms with E-state index in [0.29, 0.717) is 11.3 Å². The summed E-state index contributed by atoms with van der Waals surface area (Å²) in [6, 6.07) is 0.436. The maximum absolute atomic E-state index is 14.0. The van der Waals surface area contributed by atoms with Gasteiger partial charge < -0.3 is 25.6 Å². The summed E-state index contributed by atoms with van der Waals surface area (Å²) in [6.45, 7) is 1.78. The number of amides is 1. The van der Waals surface area contributed by atoms with Crippen LogP contribution in [0.3, 0.4) is 0 Å². The standard InChI is InChI=1S/C28H33N3O9/c1-6-40-17(32)8-7-12-11-16(30(2)3)14-9-13-10-15-21(31(4)5)24(35)20(27(29)38)26(37)28(15,39)25(36)18(13)23(34)19(14)22(12)33/h7-8,11,13,15,18,20-21,33,39H,6,9-10H2,1-5H3,(H2,29,38)/b8-7+/t13-,15-,18?,20?,21-,28-/m0/s1. The van der Waals surface area contributed by atoms with Gasteiger partial charge in [-0.05, 0) is 57.5 Å². The summed E-state index contributed by atoms with van der Waals surface area (Å²) >= 11 is 0. The zero-order valence-corrected chi connectivity index (χ0v) is 23.0. The lowest BCUT2D eigenvalue weighted by molar-refractivity contribution is -0.181. The number of esters is 1. The minimum absolute atomic E-state index is 0.0396. The fourth-order valence-corrected chi connectivity index (χ4v) is 6.55. The van der Waals surface area contributed by atoms with E-state index in [1.807, 2.05) is 0 Å². The Morgan fingerprint density at radius 2 is 1.80 bits per heavy atom. The van der Waals surface area contributed by atoms with Gasteiger partial charge >= 0.3 is 5.97 Å². The van der Waals surface area contributed by atoms with Crippen LogP contribution in [-0.2, 0) is 35.1 Å². The van der Waals surface area contributed by atoms with Crippen LogP contribution >= 0.6 is 0 Å². The van der Waals surface area contributed by atoms with Gasteiger partial charge in [0.15, 0.2) is 34.7 Å². The van der Waals surface area contributed by atoms with Crippen LogP contribution in [0.4, 0.5) is 5.69 Å². The third-order valence-electron chi connectivity index (χ3n) is 8.23. The number of nitrogens with zero attached hydrogens (tertiary/aromatic N) is 2. The summed E-state index contributed by atoms with van der Waals surface area (Å²) < 4.78 is 4.88. The van der Waals surface area contributed by atoms with E-state index in [4.69, 9.17) is 10.5 Å². The van der Waals surface area contributed by atoms with Crippen LogP contribution in [0.2, 0.25) is 0 Å². The monoisotopic (exact) mass is 555 g/mol. The van der Waals surface area contributed by atoms with E-state index in [-0.39, 0.29) is 30.6 Å². The molecule has 0 bridgehead atoms. The number of hydrogen-bond donors (Lipinski definition) is 3. The first-order chi connectivity index (χ1) is 18.7. The van der Waals surface area contributed by atoms with Crippen LogP contribution in [-0.4, -0.2) is 96.6 Å². The number of likely N-dealkylation sites (N-methyl/N-ethyl adjacent to an activating group) is 1. The average molecular weight is 556 g/mol. The van der Waals surface area contributed by atoms with E-state index in [2.05, 4.69) is 0 Å².